The van der Waals surface area contributed by atoms with Gasteiger partial charge in [0.2, 0.25) is 5.91 Å². The van der Waals surface area contributed by atoms with Crippen LogP contribution in [0, 0.1) is 0 Å². The molecule has 2 amide bonds. The van der Waals surface area contributed by atoms with E-state index in [2.05, 4.69) is 0 Å². The van der Waals surface area contributed by atoms with Gasteiger partial charge in [0.25, 0.3) is 11.5 Å². The van der Waals surface area contributed by atoms with E-state index < -0.39 is 29.8 Å². The largest absolute Gasteiger partial charge is 0.417 e. The van der Waals surface area contributed by atoms with Gasteiger partial charge in [-0.3, -0.25) is 14.4 Å². The van der Waals surface area contributed by atoms with Gasteiger partial charge in [0.15, 0.2) is 0 Å². The van der Waals surface area contributed by atoms with Gasteiger partial charge in [-0.2, -0.15) is 13.2 Å². The maximum atomic E-state index is 12.8. The topological polar surface area (TPSA) is 62.6 Å². The van der Waals surface area contributed by atoms with E-state index in [1.54, 1.807) is 6.07 Å². The second kappa shape index (κ2) is 8.69. The lowest BCUT2D eigenvalue weighted by Crippen LogP contribution is -2.51. The second-order valence-corrected chi connectivity index (χ2v) is 7.52. The molecule has 0 N–H and O–H groups in total. The zero-order valence-electron chi connectivity index (χ0n) is 15.5. The van der Waals surface area contributed by atoms with Crippen LogP contribution >= 0.6 is 23.2 Å². The summed E-state index contributed by atoms with van der Waals surface area (Å²) in [5.41, 5.74) is -1.43. The van der Waals surface area contributed by atoms with Crippen molar-refractivity contribution in [1.82, 2.24) is 14.4 Å². The second-order valence-electron chi connectivity index (χ2n) is 6.68. The van der Waals surface area contributed by atoms with Crippen molar-refractivity contribution >= 4 is 35.0 Å². The van der Waals surface area contributed by atoms with Gasteiger partial charge in [-0.15, -0.1) is 0 Å². The van der Waals surface area contributed by atoms with E-state index in [1.165, 1.54) is 21.9 Å². The summed E-state index contributed by atoms with van der Waals surface area (Å²) in [6, 6.07) is 5.99. The first kappa shape index (κ1) is 22.2. The first-order valence-corrected chi connectivity index (χ1v) is 9.61. The van der Waals surface area contributed by atoms with Crippen molar-refractivity contribution in [3.63, 3.8) is 0 Å². The lowest BCUT2D eigenvalue weighted by molar-refractivity contribution is -0.139. The zero-order chi connectivity index (χ0) is 22.1. The molecule has 3 rings (SSSR count). The van der Waals surface area contributed by atoms with Gasteiger partial charge in [-0.25, -0.2) is 0 Å². The summed E-state index contributed by atoms with van der Waals surface area (Å²) in [6.45, 7) is 0.300. The highest BCUT2D eigenvalue weighted by Gasteiger charge is 2.31. The van der Waals surface area contributed by atoms with Crippen LogP contribution < -0.4 is 5.56 Å². The summed E-state index contributed by atoms with van der Waals surface area (Å²) in [7, 11) is 0. The minimum absolute atomic E-state index is 0.184. The van der Waals surface area contributed by atoms with Crippen LogP contribution in [-0.4, -0.2) is 52.4 Å². The van der Waals surface area contributed by atoms with Crippen LogP contribution in [0.3, 0.4) is 0 Å². The number of amides is 2. The summed E-state index contributed by atoms with van der Waals surface area (Å²) in [5.74, 6) is -0.814. The van der Waals surface area contributed by atoms with E-state index >= 15 is 0 Å². The molecule has 1 aromatic carbocycles. The number of alkyl halides is 3. The molecule has 0 spiro atoms. The van der Waals surface area contributed by atoms with Gasteiger partial charge < -0.3 is 14.4 Å². The van der Waals surface area contributed by atoms with Gasteiger partial charge in [0, 0.05) is 43.5 Å². The Hall–Kier alpha value is -2.52. The number of rotatable bonds is 3. The van der Waals surface area contributed by atoms with Crippen LogP contribution in [0.5, 0.6) is 0 Å². The van der Waals surface area contributed by atoms with Crippen molar-refractivity contribution in [2.75, 3.05) is 26.2 Å². The molecule has 0 atom stereocenters. The molecule has 2 aromatic rings. The Labute approximate surface area is 179 Å². The number of pyridine rings is 1. The predicted molar refractivity (Wildman–Crippen MR) is 105 cm³/mol. The molecular weight excluding hydrogens is 446 g/mol. The number of piperazine rings is 1. The Bertz CT molecular complexity index is 1030. The molecule has 160 valence electrons. The first-order chi connectivity index (χ1) is 14.1. The number of benzene rings is 1. The Morgan fingerprint density at radius 2 is 1.60 bits per heavy atom. The maximum absolute atomic E-state index is 12.8. The molecule has 0 saturated carbocycles. The van der Waals surface area contributed by atoms with Crippen molar-refractivity contribution in [1.29, 1.82) is 0 Å². The Kier molecular flexibility index (Phi) is 6.42. The van der Waals surface area contributed by atoms with Gasteiger partial charge in [-0.05, 0) is 24.3 Å². The van der Waals surface area contributed by atoms with E-state index in [9.17, 15) is 27.6 Å². The fourth-order valence-electron chi connectivity index (χ4n) is 3.06. The molecule has 0 bridgehead atoms. The maximum Gasteiger partial charge on any atom is 0.417 e. The molecule has 1 aliphatic heterocycles. The highest BCUT2D eigenvalue weighted by atomic mass is 35.5. The van der Waals surface area contributed by atoms with Gasteiger partial charge in [0.1, 0.15) is 6.54 Å². The number of hydrogen-bond acceptors (Lipinski definition) is 3. The normalized spacial score (nSPS) is 14.7. The van der Waals surface area contributed by atoms with Crippen molar-refractivity contribution in [2.24, 2.45) is 0 Å². The molecule has 0 aliphatic carbocycles. The highest BCUT2D eigenvalue weighted by Crippen LogP contribution is 2.28. The summed E-state index contributed by atoms with van der Waals surface area (Å²) < 4.78 is 39.2. The number of carbonyl (C=O) groups is 2. The van der Waals surface area contributed by atoms with E-state index in [1.807, 2.05) is 0 Å². The molecule has 0 unspecified atom stereocenters. The number of aromatic nitrogens is 1. The number of nitrogens with zero attached hydrogens (tertiary/aromatic N) is 3. The van der Waals surface area contributed by atoms with E-state index in [0.717, 1.165) is 10.6 Å². The average molecular weight is 462 g/mol. The third-order valence-corrected chi connectivity index (χ3v) is 5.25. The third kappa shape index (κ3) is 4.96. The standard InChI is InChI=1S/C19H16Cl2F3N3O3/c20-13-2-3-14(15(21)9-13)18(30)26-7-5-25(6-8-26)17(29)11-27-10-12(19(22,23)24)1-4-16(27)28/h1-4,9-10H,5-8,11H2. The van der Waals surface area contributed by atoms with Crippen LogP contribution in [0.2, 0.25) is 10.0 Å². The van der Waals surface area contributed by atoms with E-state index in [0.29, 0.717) is 17.3 Å². The fraction of sp³-hybridized carbons (Fsp3) is 0.316. The van der Waals surface area contributed by atoms with Crippen molar-refractivity contribution in [3.8, 4) is 0 Å². The quantitative estimate of drug-likeness (QED) is 0.705. The molecule has 6 nitrogen and oxygen atoms in total. The van der Waals surface area contributed by atoms with Crippen LogP contribution in [0.25, 0.3) is 0 Å². The lowest BCUT2D eigenvalue weighted by Gasteiger charge is -2.35. The molecule has 0 radical (unpaired) electrons. The fourth-order valence-corrected chi connectivity index (χ4v) is 3.55. The Balaban J connectivity index is 1.63. The molecule has 1 aromatic heterocycles. The lowest BCUT2D eigenvalue weighted by atomic mass is 10.1. The van der Waals surface area contributed by atoms with Gasteiger partial charge in [-0.1, -0.05) is 23.2 Å². The van der Waals surface area contributed by atoms with Crippen LogP contribution in [0.4, 0.5) is 13.2 Å². The number of halogens is 5. The number of carbonyl (C=O) groups excluding carboxylic acids is 2. The SMILES string of the molecule is O=C(Cn1cc(C(F)(F)F)ccc1=O)N1CCN(C(=O)c2ccc(Cl)cc2Cl)CC1. The third-order valence-electron chi connectivity index (χ3n) is 4.70. The molecule has 1 aliphatic rings. The van der Waals surface area contributed by atoms with Crippen LogP contribution in [0.1, 0.15) is 15.9 Å². The van der Waals surface area contributed by atoms with Crippen molar-refractivity contribution < 1.29 is 22.8 Å². The first-order valence-electron chi connectivity index (χ1n) is 8.86. The molecule has 11 heteroatoms. The highest BCUT2D eigenvalue weighted by molar-refractivity contribution is 6.36. The van der Waals surface area contributed by atoms with Gasteiger partial charge >= 0.3 is 6.18 Å². The minimum atomic E-state index is -4.62. The number of hydrogen-bond donors (Lipinski definition) is 0. The Morgan fingerprint density at radius 3 is 2.20 bits per heavy atom. The van der Waals surface area contributed by atoms with Gasteiger partial charge in [0.05, 0.1) is 16.1 Å². The molecule has 30 heavy (non-hydrogen) atoms. The van der Waals surface area contributed by atoms with E-state index in [4.69, 9.17) is 23.2 Å². The average Bonchev–Trinajstić information content (AvgIpc) is 2.68. The summed E-state index contributed by atoms with van der Waals surface area (Å²) in [4.78, 5) is 39.8. The Morgan fingerprint density at radius 1 is 0.967 bits per heavy atom. The smallest absolute Gasteiger partial charge is 0.338 e. The van der Waals surface area contributed by atoms with Crippen LogP contribution in [-0.2, 0) is 17.5 Å². The summed E-state index contributed by atoms with van der Waals surface area (Å²) in [5, 5.41) is 0.617. The van der Waals surface area contributed by atoms with E-state index in [-0.39, 0.29) is 42.7 Å². The zero-order valence-corrected chi connectivity index (χ0v) is 17.0. The van der Waals surface area contributed by atoms with Crippen molar-refractivity contribution in [2.45, 2.75) is 12.7 Å². The monoisotopic (exact) mass is 461 g/mol. The molecular formula is C19H16Cl2F3N3O3. The van der Waals surface area contributed by atoms with Crippen LogP contribution in [0.15, 0.2) is 41.3 Å². The molecule has 1 saturated heterocycles. The minimum Gasteiger partial charge on any atom is -0.338 e. The summed E-state index contributed by atoms with van der Waals surface area (Å²) >= 11 is 11.9. The summed E-state index contributed by atoms with van der Waals surface area (Å²) in [6.07, 6.45) is -3.99. The van der Waals surface area contributed by atoms with Crippen molar-refractivity contribution in [3.05, 3.63) is 68.1 Å². The molecule has 2 heterocycles. The molecule has 1 fully saturated rings. The predicted octanol–water partition coefficient (Wildman–Crippen LogP) is 3.16.